The second-order valence-electron chi connectivity index (χ2n) is 5.40. The highest BCUT2D eigenvalue weighted by molar-refractivity contribution is 5.28. The molecule has 0 aliphatic heterocycles. The van der Waals surface area contributed by atoms with E-state index in [9.17, 15) is 0 Å². The molecule has 0 amide bonds. The fraction of sp³-hybridized carbons (Fsp3) is 0.333. The van der Waals surface area contributed by atoms with Crippen LogP contribution in [-0.4, -0.2) is 7.11 Å². The van der Waals surface area contributed by atoms with Crippen molar-refractivity contribution in [1.82, 2.24) is 0 Å². The summed E-state index contributed by atoms with van der Waals surface area (Å²) in [6.07, 6.45) is 3.84. The van der Waals surface area contributed by atoms with Gasteiger partial charge in [-0.1, -0.05) is 42.5 Å². The summed E-state index contributed by atoms with van der Waals surface area (Å²) in [5.41, 5.74) is 2.93. The molecule has 19 heavy (non-hydrogen) atoms. The van der Waals surface area contributed by atoms with Crippen LogP contribution >= 0.6 is 0 Å². The molecule has 0 aromatic heterocycles. The summed E-state index contributed by atoms with van der Waals surface area (Å²) in [7, 11) is 1.71. The lowest BCUT2D eigenvalue weighted by Crippen LogP contribution is -1.90. The van der Waals surface area contributed by atoms with Gasteiger partial charge in [0.15, 0.2) is 0 Å². The van der Waals surface area contributed by atoms with Crippen molar-refractivity contribution in [2.75, 3.05) is 7.11 Å². The molecule has 0 spiro atoms. The van der Waals surface area contributed by atoms with Crippen LogP contribution in [0.4, 0.5) is 0 Å². The molecule has 1 aliphatic rings. The third-order valence-corrected chi connectivity index (χ3v) is 4.11. The smallest absolute Gasteiger partial charge is 0.118 e. The number of benzene rings is 2. The molecular weight excluding hydrogens is 232 g/mol. The third kappa shape index (κ3) is 2.98. The van der Waals surface area contributed by atoms with Gasteiger partial charge in [-0.15, -0.1) is 0 Å². The maximum atomic E-state index is 5.18. The van der Waals surface area contributed by atoms with Crippen LogP contribution in [0.3, 0.4) is 0 Å². The van der Waals surface area contributed by atoms with E-state index in [1.165, 1.54) is 30.4 Å². The van der Waals surface area contributed by atoms with Crippen molar-refractivity contribution in [1.29, 1.82) is 0 Å². The van der Waals surface area contributed by atoms with Gasteiger partial charge in [-0.25, -0.2) is 0 Å². The molecular formula is C18H20O. The molecule has 0 heterocycles. The highest BCUT2D eigenvalue weighted by atomic mass is 16.5. The summed E-state index contributed by atoms with van der Waals surface area (Å²) in [5.74, 6) is 2.63. The lowest BCUT2D eigenvalue weighted by Gasteiger charge is -2.04. The molecule has 1 heteroatoms. The number of aryl methyl sites for hydroxylation is 1. The number of rotatable bonds is 5. The van der Waals surface area contributed by atoms with Gasteiger partial charge in [0.2, 0.25) is 0 Å². The minimum atomic E-state index is 0.805. The minimum Gasteiger partial charge on any atom is -0.497 e. The first-order valence-corrected chi connectivity index (χ1v) is 7.04. The Balaban J connectivity index is 1.51. The molecule has 1 nitrogen and oxygen atoms in total. The lowest BCUT2D eigenvalue weighted by atomic mass is 10.0. The molecule has 1 aliphatic carbocycles. The van der Waals surface area contributed by atoms with Crippen LogP contribution in [0.2, 0.25) is 0 Å². The molecule has 2 atom stereocenters. The Hall–Kier alpha value is -1.76. The predicted octanol–water partition coefficient (Wildman–Crippen LogP) is 4.43. The standard InChI is InChI=1S/C18H20O/c1-19-17-11-8-14(9-12-17)7-10-16-13-18(16)15-5-3-2-4-6-15/h2-6,8-9,11-12,16,18H,7,10,13H2,1H3/t16-,18+/m0/s1. The van der Waals surface area contributed by atoms with Crippen molar-refractivity contribution in [3.05, 3.63) is 65.7 Å². The van der Waals surface area contributed by atoms with Gasteiger partial charge in [-0.05, 0) is 54.4 Å². The summed E-state index contributed by atoms with van der Waals surface area (Å²) in [6, 6.07) is 19.4. The van der Waals surface area contributed by atoms with E-state index in [0.717, 1.165) is 17.6 Å². The van der Waals surface area contributed by atoms with E-state index >= 15 is 0 Å². The molecule has 0 bridgehead atoms. The van der Waals surface area contributed by atoms with E-state index in [2.05, 4.69) is 54.6 Å². The van der Waals surface area contributed by atoms with Crippen molar-refractivity contribution in [3.8, 4) is 5.75 Å². The van der Waals surface area contributed by atoms with Crippen LogP contribution in [0.15, 0.2) is 54.6 Å². The number of hydrogen-bond donors (Lipinski definition) is 0. The fourth-order valence-electron chi connectivity index (χ4n) is 2.82. The fourth-order valence-corrected chi connectivity index (χ4v) is 2.82. The average Bonchev–Trinajstić information content (AvgIpc) is 3.26. The summed E-state index contributed by atoms with van der Waals surface area (Å²) in [5, 5.41) is 0. The first-order valence-electron chi connectivity index (χ1n) is 7.04. The SMILES string of the molecule is COc1ccc(CC[C@H]2C[C@@H]2c2ccccc2)cc1. The Morgan fingerprint density at radius 2 is 1.74 bits per heavy atom. The molecule has 2 aromatic rings. The second kappa shape index (κ2) is 5.48. The molecule has 2 aromatic carbocycles. The van der Waals surface area contributed by atoms with Crippen LogP contribution in [0, 0.1) is 5.92 Å². The lowest BCUT2D eigenvalue weighted by molar-refractivity contribution is 0.414. The highest BCUT2D eigenvalue weighted by Crippen LogP contribution is 2.49. The Morgan fingerprint density at radius 1 is 1.00 bits per heavy atom. The van der Waals surface area contributed by atoms with Crippen molar-refractivity contribution < 1.29 is 4.74 Å². The molecule has 3 rings (SSSR count). The van der Waals surface area contributed by atoms with Crippen molar-refractivity contribution >= 4 is 0 Å². The third-order valence-electron chi connectivity index (χ3n) is 4.11. The summed E-state index contributed by atoms with van der Waals surface area (Å²) in [4.78, 5) is 0. The molecule has 0 N–H and O–H groups in total. The van der Waals surface area contributed by atoms with Crippen LogP contribution in [0.25, 0.3) is 0 Å². The first kappa shape index (κ1) is 12.3. The molecule has 0 saturated heterocycles. The Kier molecular flexibility index (Phi) is 3.54. The van der Waals surface area contributed by atoms with Crippen molar-refractivity contribution in [2.24, 2.45) is 5.92 Å². The maximum absolute atomic E-state index is 5.18. The maximum Gasteiger partial charge on any atom is 0.118 e. The zero-order valence-corrected chi connectivity index (χ0v) is 11.4. The molecule has 98 valence electrons. The van der Waals surface area contributed by atoms with Gasteiger partial charge in [0.05, 0.1) is 7.11 Å². The number of hydrogen-bond acceptors (Lipinski definition) is 1. The van der Waals surface area contributed by atoms with Gasteiger partial charge in [-0.2, -0.15) is 0 Å². The van der Waals surface area contributed by atoms with Gasteiger partial charge < -0.3 is 4.74 Å². The van der Waals surface area contributed by atoms with Gasteiger partial charge in [0, 0.05) is 0 Å². The minimum absolute atomic E-state index is 0.805. The van der Waals surface area contributed by atoms with Gasteiger partial charge in [0.1, 0.15) is 5.75 Å². The van der Waals surface area contributed by atoms with Crippen molar-refractivity contribution in [3.63, 3.8) is 0 Å². The highest BCUT2D eigenvalue weighted by Gasteiger charge is 2.37. The summed E-state index contributed by atoms with van der Waals surface area (Å²) < 4.78 is 5.18. The monoisotopic (exact) mass is 252 g/mol. The van der Waals surface area contributed by atoms with Gasteiger partial charge in [0.25, 0.3) is 0 Å². The largest absolute Gasteiger partial charge is 0.497 e. The topological polar surface area (TPSA) is 9.23 Å². The Bertz CT molecular complexity index is 515. The van der Waals surface area contributed by atoms with Gasteiger partial charge >= 0.3 is 0 Å². The predicted molar refractivity (Wildman–Crippen MR) is 78.6 cm³/mol. The average molecular weight is 252 g/mol. The molecule has 1 fully saturated rings. The quantitative estimate of drug-likeness (QED) is 0.764. The summed E-state index contributed by atoms with van der Waals surface area (Å²) >= 11 is 0. The van der Waals surface area contributed by atoms with Crippen molar-refractivity contribution in [2.45, 2.75) is 25.2 Å². The second-order valence-corrected chi connectivity index (χ2v) is 5.40. The normalized spacial score (nSPS) is 21.1. The van der Waals surface area contributed by atoms with Crippen LogP contribution in [0.1, 0.15) is 29.9 Å². The molecule has 0 radical (unpaired) electrons. The van der Waals surface area contributed by atoms with E-state index in [1.54, 1.807) is 7.11 Å². The van der Waals surface area contributed by atoms with E-state index in [-0.39, 0.29) is 0 Å². The first-order chi connectivity index (χ1) is 9.36. The van der Waals surface area contributed by atoms with Crippen LogP contribution in [-0.2, 0) is 6.42 Å². The van der Waals surface area contributed by atoms with Crippen LogP contribution in [0.5, 0.6) is 5.75 Å². The van der Waals surface area contributed by atoms with E-state index in [1.807, 2.05) is 0 Å². The Labute approximate surface area is 115 Å². The number of ether oxygens (including phenoxy) is 1. The molecule has 0 unspecified atom stereocenters. The van der Waals surface area contributed by atoms with E-state index in [4.69, 9.17) is 4.74 Å². The number of methoxy groups -OCH3 is 1. The summed E-state index contributed by atoms with van der Waals surface area (Å²) in [6.45, 7) is 0. The zero-order valence-electron chi connectivity index (χ0n) is 11.4. The van der Waals surface area contributed by atoms with Gasteiger partial charge in [-0.3, -0.25) is 0 Å². The zero-order chi connectivity index (χ0) is 13.1. The van der Waals surface area contributed by atoms with E-state index < -0.39 is 0 Å². The molecule has 1 saturated carbocycles. The van der Waals surface area contributed by atoms with E-state index in [0.29, 0.717) is 0 Å². The Morgan fingerprint density at radius 3 is 2.42 bits per heavy atom. The van der Waals surface area contributed by atoms with Crippen LogP contribution < -0.4 is 4.74 Å².